The van der Waals surface area contributed by atoms with Crippen LogP contribution in [-0.2, 0) is 4.74 Å². The number of hydrogen-bond donors (Lipinski definition) is 0. The highest BCUT2D eigenvalue weighted by molar-refractivity contribution is 6.00. The first-order valence-corrected chi connectivity index (χ1v) is 11.8. The number of methoxy groups -OCH3 is 1. The van der Waals surface area contributed by atoms with Gasteiger partial charge in [0.05, 0.1) is 25.7 Å². The van der Waals surface area contributed by atoms with Gasteiger partial charge in [0.2, 0.25) is 0 Å². The van der Waals surface area contributed by atoms with Crippen molar-refractivity contribution in [3.63, 3.8) is 0 Å². The summed E-state index contributed by atoms with van der Waals surface area (Å²) in [5.74, 6) is 1.92. The van der Waals surface area contributed by atoms with E-state index in [0.717, 1.165) is 5.56 Å². The third kappa shape index (κ3) is 4.43. The molecule has 0 radical (unpaired) electrons. The number of hydrogen-bond acceptors (Lipinski definition) is 8. The first kappa shape index (κ1) is 22.8. The van der Waals surface area contributed by atoms with Gasteiger partial charge in [-0.05, 0) is 19.1 Å². The lowest BCUT2D eigenvalue weighted by molar-refractivity contribution is 0.0229. The van der Waals surface area contributed by atoms with Crippen LogP contribution in [-0.4, -0.2) is 54.1 Å². The van der Waals surface area contributed by atoms with Crippen molar-refractivity contribution in [2.75, 3.05) is 31.7 Å². The van der Waals surface area contributed by atoms with E-state index in [-0.39, 0.29) is 12.4 Å². The zero-order chi connectivity index (χ0) is 24.4. The molecule has 2 aliphatic heterocycles. The second-order valence-corrected chi connectivity index (χ2v) is 8.75. The number of benzene rings is 2. The molecule has 0 atom stereocenters. The van der Waals surface area contributed by atoms with Crippen LogP contribution >= 0.6 is 0 Å². The molecule has 2 aliphatic rings. The highest BCUT2D eigenvalue weighted by Crippen LogP contribution is 2.41. The fraction of sp³-hybridized carbons (Fsp3) is 0.333. The Bertz CT molecular complexity index is 1250. The molecule has 0 bridgehead atoms. The minimum absolute atomic E-state index is 0.0722. The number of nitrogens with zero attached hydrogens (tertiary/aromatic N) is 3. The number of anilines is 1. The first-order chi connectivity index (χ1) is 17.0. The van der Waals surface area contributed by atoms with Crippen molar-refractivity contribution in [1.29, 1.82) is 0 Å². The summed E-state index contributed by atoms with van der Waals surface area (Å²) in [4.78, 5) is 36.8. The zero-order valence-corrected chi connectivity index (χ0v) is 19.8. The Morgan fingerprint density at radius 1 is 1.14 bits per heavy atom. The van der Waals surface area contributed by atoms with Gasteiger partial charge in [-0.15, -0.1) is 0 Å². The molecule has 0 unspecified atom stereocenters. The van der Waals surface area contributed by atoms with Crippen molar-refractivity contribution < 1.29 is 23.8 Å². The van der Waals surface area contributed by atoms with Gasteiger partial charge in [-0.25, -0.2) is 14.8 Å². The van der Waals surface area contributed by atoms with E-state index in [0.29, 0.717) is 66.6 Å². The lowest BCUT2D eigenvalue weighted by atomic mass is 9.82. The van der Waals surface area contributed by atoms with Gasteiger partial charge >= 0.3 is 5.97 Å². The Balaban J connectivity index is 1.42. The van der Waals surface area contributed by atoms with Gasteiger partial charge in [-0.1, -0.05) is 30.3 Å². The van der Waals surface area contributed by atoms with Gasteiger partial charge in [0, 0.05) is 43.8 Å². The fourth-order valence-corrected chi connectivity index (χ4v) is 4.70. The van der Waals surface area contributed by atoms with Crippen molar-refractivity contribution >= 4 is 17.6 Å². The minimum Gasteiger partial charge on any atom is -0.497 e. The smallest absolute Gasteiger partial charge is 0.343 e. The number of esters is 1. The molecular weight excluding hydrogens is 446 g/mol. The van der Waals surface area contributed by atoms with Crippen LogP contribution in [0.1, 0.15) is 46.9 Å². The van der Waals surface area contributed by atoms with E-state index in [2.05, 4.69) is 9.88 Å². The summed E-state index contributed by atoms with van der Waals surface area (Å²) in [6.45, 7) is 3.18. The van der Waals surface area contributed by atoms with Crippen molar-refractivity contribution in [2.45, 2.75) is 31.8 Å². The molecule has 0 amide bonds. The molecule has 2 aromatic carbocycles. The number of fused-ring (bicyclic) bond motifs is 1. The Morgan fingerprint density at radius 3 is 2.63 bits per heavy atom. The number of carbonyl (C=O) groups is 2. The summed E-state index contributed by atoms with van der Waals surface area (Å²) in [6, 6.07) is 15.0. The van der Waals surface area contributed by atoms with Crippen LogP contribution in [0.25, 0.3) is 11.4 Å². The monoisotopic (exact) mass is 473 g/mol. The number of ketones is 1. The Morgan fingerprint density at radius 2 is 1.91 bits per heavy atom. The van der Waals surface area contributed by atoms with E-state index in [1.54, 1.807) is 32.2 Å². The maximum atomic E-state index is 12.9. The van der Waals surface area contributed by atoms with E-state index in [9.17, 15) is 9.59 Å². The Hall–Kier alpha value is -3.94. The molecule has 0 aliphatic carbocycles. The second kappa shape index (κ2) is 9.37. The molecule has 1 saturated heterocycles. The van der Waals surface area contributed by atoms with Crippen LogP contribution in [0.2, 0.25) is 0 Å². The molecule has 180 valence electrons. The van der Waals surface area contributed by atoms with E-state index >= 15 is 0 Å². The van der Waals surface area contributed by atoms with Crippen molar-refractivity contribution in [2.24, 2.45) is 0 Å². The van der Waals surface area contributed by atoms with Gasteiger partial charge in [0.15, 0.2) is 11.6 Å². The molecule has 3 heterocycles. The predicted octanol–water partition coefficient (Wildman–Crippen LogP) is 4.33. The lowest BCUT2D eigenvalue weighted by Crippen LogP contribution is -2.51. The summed E-state index contributed by atoms with van der Waals surface area (Å²) < 4.78 is 17.0. The van der Waals surface area contributed by atoms with Crippen molar-refractivity contribution in [3.8, 4) is 22.9 Å². The molecule has 0 N–H and O–H groups in total. The highest BCUT2D eigenvalue weighted by Gasteiger charge is 2.43. The topological polar surface area (TPSA) is 90.9 Å². The number of aromatic nitrogens is 2. The fourth-order valence-electron chi connectivity index (χ4n) is 4.70. The minimum atomic E-state index is -0.591. The van der Waals surface area contributed by atoms with Gasteiger partial charge in [0.25, 0.3) is 0 Å². The molecule has 8 heteroatoms. The van der Waals surface area contributed by atoms with Gasteiger partial charge in [0.1, 0.15) is 28.5 Å². The molecule has 5 rings (SSSR count). The van der Waals surface area contributed by atoms with Crippen LogP contribution in [0.15, 0.2) is 54.7 Å². The quantitative estimate of drug-likeness (QED) is 0.506. The van der Waals surface area contributed by atoms with E-state index in [4.69, 9.17) is 19.2 Å². The lowest BCUT2D eigenvalue weighted by Gasteiger charge is -2.44. The van der Waals surface area contributed by atoms with E-state index in [1.807, 2.05) is 30.3 Å². The van der Waals surface area contributed by atoms with Gasteiger partial charge < -0.3 is 19.1 Å². The van der Waals surface area contributed by atoms with Crippen LogP contribution in [0.4, 0.5) is 5.82 Å². The van der Waals surface area contributed by atoms with E-state index in [1.165, 1.54) is 6.20 Å². The molecule has 0 saturated carbocycles. The average Bonchev–Trinajstić information content (AvgIpc) is 2.89. The van der Waals surface area contributed by atoms with Crippen LogP contribution in [0.5, 0.6) is 11.5 Å². The number of ether oxygens (including phenoxy) is 3. The SMILES string of the molecule is CCOC(=O)c1cnc(-c2ccccc2)nc1N1CCC2(CC1)CC(=O)c1ccc(OC)cc1O2. The Labute approximate surface area is 203 Å². The average molecular weight is 474 g/mol. The van der Waals surface area contributed by atoms with Crippen LogP contribution in [0, 0.1) is 0 Å². The van der Waals surface area contributed by atoms with Gasteiger partial charge in [-0.3, -0.25) is 4.79 Å². The van der Waals surface area contributed by atoms with Gasteiger partial charge in [-0.2, -0.15) is 0 Å². The molecule has 1 spiro atoms. The number of rotatable bonds is 5. The molecule has 8 nitrogen and oxygen atoms in total. The molecule has 35 heavy (non-hydrogen) atoms. The van der Waals surface area contributed by atoms with Crippen LogP contribution in [0.3, 0.4) is 0 Å². The predicted molar refractivity (Wildman–Crippen MR) is 130 cm³/mol. The van der Waals surface area contributed by atoms with Crippen molar-refractivity contribution in [1.82, 2.24) is 9.97 Å². The van der Waals surface area contributed by atoms with E-state index < -0.39 is 11.6 Å². The zero-order valence-electron chi connectivity index (χ0n) is 19.8. The second-order valence-electron chi connectivity index (χ2n) is 8.75. The third-order valence-electron chi connectivity index (χ3n) is 6.57. The standard InChI is InChI=1S/C27H27N3O5/c1-3-34-26(32)21-17-28-24(18-7-5-4-6-8-18)29-25(21)30-13-11-27(12-14-30)16-22(31)20-10-9-19(33-2)15-23(20)35-27/h4-10,15,17H,3,11-14,16H2,1-2H3. The maximum absolute atomic E-state index is 12.9. The van der Waals surface area contributed by atoms with Crippen molar-refractivity contribution in [3.05, 3.63) is 65.9 Å². The molecule has 3 aromatic rings. The number of Topliss-reactive ketones (excluding diaryl/α,β-unsaturated/α-hetero) is 1. The summed E-state index contributed by atoms with van der Waals surface area (Å²) in [5.41, 5.74) is 1.20. The molecular formula is C27H27N3O5. The number of piperidine rings is 1. The largest absolute Gasteiger partial charge is 0.497 e. The number of carbonyl (C=O) groups excluding carboxylic acids is 2. The third-order valence-corrected chi connectivity index (χ3v) is 6.57. The highest BCUT2D eigenvalue weighted by atomic mass is 16.5. The summed E-state index contributed by atoms with van der Waals surface area (Å²) in [6.07, 6.45) is 3.09. The normalized spacial score (nSPS) is 16.4. The summed E-state index contributed by atoms with van der Waals surface area (Å²) in [5, 5.41) is 0. The molecule has 1 fully saturated rings. The first-order valence-electron chi connectivity index (χ1n) is 11.8. The van der Waals surface area contributed by atoms with Crippen LogP contribution < -0.4 is 14.4 Å². The Kier molecular flexibility index (Phi) is 6.11. The maximum Gasteiger partial charge on any atom is 0.343 e. The summed E-state index contributed by atoms with van der Waals surface area (Å²) in [7, 11) is 1.59. The summed E-state index contributed by atoms with van der Waals surface area (Å²) >= 11 is 0. The molecule has 1 aromatic heterocycles.